The van der Waals surface area contributed by atoms with Gasteiger partial charge in [-0.3, -0.25) is 9.59 Å². The Morgan fingerprint density at radius 2 is 1.79 bits per heavy atom. The molecule has 0 aliphatic heterocycles. The van der Waals surface area contributed by atoms with E-state index in [1.165, 1.54) is 0 Å². The smallest absolute Gasteiger partial charge is 0.314 e. The van der Waals surface area contributed by atoms with Gasteiger partial charge in [0.25, 0.3) is 0 Å². The van der Waals surface area contributed by atoms with Crippen molar-refractivity contribution in [2.45, 2.75) is 38.7 Å². The molecule has 104 valence electrons. The fourth-order valence-corrected chi connectivity index (χ4v) is 1.71. The Morgan fingerprint density at radius 1 is 1.26 bits per heavy atom. The van der Waals surface area contributed by atoms with Crippen molar-refractivity contribution >= 4 is 23.5 Å². The van der Waals surface area contributed by atoms with Crippen LogP contribution in [0.1, 0.15) is 38.7 Å². The summed E-state index contributed by atoms with van der Waals surface area (Å²) < 4.78 is 5.25. The molecule has 0 aliphatic rings. The van der Waals surface area contributed by atoms with Crippen LogP contribution >= 0.6 is 11.6 Å². The Kier molecular flexibility index (Phi) is 4.95. The van der Waals surface area contributed by atoms with E-state index in [1.54, 1.807) is 45.0 Å². The lowest BCUT2D eigenvalue weighted by atomic mass is 9.95. The van der Waals surface area contributed by atoms with Gasteiger partial charge in [0.2, 0.25) is 0 Å². The highest BCUT2D eigenvalue weighted by Crippen LogP contribution is 2.25. The van der Waals surface area contributed by atoms with Gasteiger partial charge in [0.15, 0.2) is 0 Å². The molecule has 1 aromatic rings. The van der Waals surface area contributed by atoms with Crippen molar-refractivity contribution in [3.8, 4) is 0 Å². The number of rotatable bonds is 4. The van der Waals surface area contributed by atoms with Crippen molar-refractivity contribution in [2.75, 3.05) is 0 Å². The standard InChI is InChI=1S/C14H17ClO4/c1-14(2,3)19-13(18)11(8-12(16)17)9-4-6-10(15)7-5-9/h4-7,11H,8H2,1-3H3,(H,16,17). The molecule has 0 heterocycles. The summed E-state index contributed by atoms with van der Waals surface area (Å²) in [5.41, 5.74) is -0.0682. The number of benzene rings is 1. The van der Waals surface area contributed by atoms with Crippen molar-refractivity contribution in [1.82, 2.24) is 0 Å². The maximum absolute atomic E-state index is 12.1. The van der Waals surface area contributed by atoms with Crippen LogP contribution in [0, 0.1) is 0 Å². The molecule has 1 aromatic carbocycles. The molecule has 0 fully saturated rings. The zero-order valence-corrected chi connectivity index (χ0v) is 11.9. The molecule has 0 saturated carbocycles. The zero-order chi connectivity index (χ0) is 14.6. The van der Waals surface area contributed by atoms with E-state index in [9.17, 15) is 9.59 Å². The van der Waals surface area contributed by atoms with Gasteiger partial charge >= 0.3 is 11.9 Å². The minimum absolute atomic E-state index is 0.309. The van der Waals surface area contributed by atoms with Crippen LogP contribution in [0.4, 0.5) is 0 Å². The fraction of sp³-hybridized carbons (Fsp3) is 0.429. The lowest BCUT2D eigenvalue weighted by Crippen LogP contribution is -2.28. The molecule has 0 amide bonds. The highest BCUT2D eigenvalue weighted by Gasteiger charge is 2.28. The maximum atomic E-state index is 12.1. The average Bonchev–Trinajstić information content (AvgIpc) is 2.24. The van der Waals surface area contributed by atoms with Crippen molar-refractivity contribution in [3.63, 3.8) is 0 Å². The number of carbonyl (C=O) groups is 2. The summed E-state index contributed by atoms with van der Waals surface area (Å²) >= 11 is 5.78. The molecule has 0 aliphatic carbocycles. The number of ether oxygens (including phenoxy) is 1. The van der Waals surface area contributed by atoms with E-state index >= 15 is 0 Å². The van der Waals surface area contributed by atoms with Gasteiger partial charge in [-0.05, 0) is 38.5 Å². The third kappa shape index (κ3) is 5.30. The Bertz CT molecular complexity index is 459. The molecule has 19 heavy (non-hydrogen) atoms. The van der Waals surface area contributed by atoms with Gasteiger partial charge in [-0.25, -0.2) is 0 Å². The highest BCUT2D eigenvalue weighted by molar-refractivity contribution is 6.30. The van der Waals surface area contributed by atoms with Crippen LogP contribution in [0.2, 0.25) is 5.02 Å². The van der Waals surface area contributed by atoms with Crippen LogP contribution in [-0.2, 0) is 14.3 Å². The summed E-state index contributed by atoms with van der Waals surface area (Å²) in [6, 6.07) is 6.52. The molecule has 0 radical (unpaired) electrons. The van der Waals surface area contributed by atoms with E-state index < -0.39 is 23.5 Å². The summed E-state index contributed by atoms with van der Waals surface area (Å²) in [6.45, 7) is 5.22. The molecule has 0 aromatic heterocycles. The fourth-order valence-electron chi connectivity index (χ4n) is 1.58. The normalized spacial score (nSPS) is 12.8. The molecule has 1 N–H and O–H groups in total. The number of halogens is 1. The van der Waals surface area contributed by atoms with Gasteiger partial charge in [0, 0.05) is 5.02 Å². The van der Waals surface area contributed by atoms with Gasteiger partial charge in [0.1, 0.15) is 5.60 Å². The topological polar surface area (TPSA) is 63.6 Å². The minimum Gasteiger partial charge on any atom is -0.481 e. The lowest BCUT2D eigenvalue weighted by molar-refractivity contribution is -0.159. The Labute approximate surface area is 117 Å². The second-order valence-electron chi connectivity index (χ2n) is 5.24. The number of carbonyl (C=O) groups excluding carboxylic acids is 1. The SMILES string of the molecule is CC(C)(C)OC(=O)C(CC(=O)O)c1ccc(Cl)cc1. The summed E-state index contributed by atoms with van der Waals surface area (Å²) in [5.74, 6) is -2.42. The van der Waals surface area contributed by atoms with Crippen LogP contribution in [0.15, 0.2) is 24.3 Å². The van der Waals surface area contributed by atoms with Crippen LogP contribution in [0.25, 0.3) is 0 Å². The van der Waals surface area contributed by atoms with Crippen molar-refractivity contribution in [1.29, 1.82) is 0 Å². The molecular formula is C14H17ClO4. The molecule has 0 saturated heterocycles. The molecule has 1 unspecified atom stereocenters. The van der Waals surface area contributed by atoms with E-state index in [0.29, 0.717) is 10.6 Å². The Hall–Kier alpha value is -1.55. The predicted molar refractivity (Wildman–Crippen MR) is 72.3 cm³/mol. The van der Waals surface area contributed by atoms with Crippen molar-refractivity contribution in [2.24, 2.45) is 0 Å². The summed E-state index contributed by atoms with van der Waals surface area (Å²) in [7, 11) is 0. The number of hydrogen-bond donors (Lipinski definition) is 1. The van der Waals surface area contributed by atoms with Crippen LogP contribution in [0.5, 0.6) is 0 Å². The first-order valence-electron chi connectivity index (χ1n) is 5.89. The van der Waals surface area contributed by atoms with Crippen molar-refractivity contribution in [3.05, 3.63) is 34.9 Å². The number of aliphatic carboxylic acids is 1. The Balaban J connectivity index is 2.97. The number of carboxylic acids is 1. The van der Waals surface area contributed by atoms with Crippen LogP contribution in [0.3, 0.4) is 0 Å². The third-order valence-corrected chi connectivity index (χ3v) is 2.59. The average molecular weight is 285 g/mol. The molecule has 4 nitrogen and oxygen atoms in total. The van der Waals surface area contributed by atoms with Gasteiger partial charge in [-0.2, -0.15) is 0 Å². The van der Waals surface area contributed by atoms with Crippen molar-refractivity contribution < 1.29 is 19.4 Å². The first kappa shape index (κ1) is 15.5. The molecule has 0 spiro atoms. The maximum Gasteiger partial charge on any atom is 0.314 e. The largest absolute Gasteiger partial charge is 0.481 e. The van der Waals surface area contributed by atoms with Gasteiger partial charge in [-0.1, -0.05) is 23.7 Å². The molecule has 1 rings (SSSR count). The van der Waals surface area contributed by atoms with E-state index in [0.717, 1.165) is 0 Å². The quantitative estimate of drug-likeness (QED) is 0.862. The molecule has 1 atom stereocenters. The minimum atomic E-state index is -1.05. The predicted octanol–water partition coefficient (Wildman–Crippen LogP) is 3.24. The summed E-state index contributed by atoms with van der Waals surface area (Å²) in [4.78, 5) is 22.9. The first-order valence-corrected chi connectivity index (χ1v) is 6.27. The van der Waals surface area contributed by atoms with Gasteiger partial charge in [-0.15, -0.1) is 0 Å². The Morgan fingerprint density at radius 3 is 2.21 bits per heavy atom. The van der Waals surface area contributed by atoms with Crippen LogP contribution < -0.4 is 0 Å². The monoisotopic (exact) mass is 284 g/mol. The second kappa shape index (κ2) is 6.06. The van der Waals surface area contributed by atoms with Gasteiger partial charge < -0.3 is 9.84 Å². The van der Waals surface area contributed by atoms with E-state index in [4.69, 9.17) is 21.4 Å². The number of hydrogen-bond acceptors (Lipinski definition) is 3. The zero-order valence-electron chi connectivity index (χ0n) is 11.1. The van der Waals surface area contributed by atoms with E-state index in [2.05, 4.69) is 0 Å². The lowest BCUT2D eigenvalue weighted by Gasteiger charge is -2.23. The second-order valence-corrected chi connectivity index (χ2v) is 5.67. The number of esters is 1. The molecular weight excluding hydrogens is 268 g/mol. The number of carboxylic acid groups (broad SMARTS) is 1. The van der Waals surface area contributed by atoms with Gasteiger partial charge in [0.05, 0.1) is 12.3 Å². The van der Waals surface area contributed by atoms with Crippen LogP contribution in [-0.4, -0.2) is 22.6 Å². The summed E-state index contributed by atoms with van der Waals surface area (Å²) in [6.07, 6.45) is -0.309. The third-order valence-electron chi connectivity index (χ3n) is 2.34. The molecule has 0 bridgehead atoms. The summed E-state index contributed by atoms with van der Waals surface area (Å²) in [5, 5.41) is 9.44. The van der Waals surface area contributed by atoms with E-state index in [-0.39, 0.29) is 6.42 Å². The van der Waals surface area contributed by atoms with E-state index in [1.807, 2.05) is 0 Å². The first-order chi connectivity index (χ1) is 8.69. The highest BCUT2D eigenvalue weighted by atomic mass is 35.5. The molecule has 5 heteroatoms.